The molecule has 0 saturated carbocycles. The summed E-state index contributed by atoms with van der Waals surface area (Å²) in [6.45, 7) is 0. The summed E-state index contributed by atoms with van der Waals surface area (Å²) in [7, 11) is 4.54. The number of carbonyl (C=O) groups is 1. The normalized spacial score (nSPS) is 10.9. The largest absolute Gasteiger partial charge is 0.496 e. The van der Waals surface area contributed by atoms with Crippen LogP contribution >= 0.6 is 11.3 Å². The second-order valence-corrected chi connectivity index (χ2v) is 6.82. The van der Waals surface area contributed by atoms with E-state index in [1.54, 1.807) is 24.3 Å². The molecule has 1 amide bonds. The van der Waals surface area contributed by atoms with E-state index in [1.165, 1.54) is 51.0 Å². The predicted octanol–water partition coefficient (Wildman–Crippen LogP) is 3.60. The van der Waals surface area contributed by atoms with Crippen molar-refractivity contribution in [3.63, 3.8) is 0 Å². The van der Waals surface area contributed by atoms with Crippen molar-refractivity contribution in [2.75, 3.05) is 21.3 Å². The number of nitro groups is 1. The van der Waals surface area contributed by atoms with Gasteiger partial charge in [0.2, 0.25) is 0 Å². The van der Waals surface area contributed by atoms with Crippen LogP contribution in [0.4, 0.5) is 5.69 Å². The van der Waals surface area contributed by atoms with E-state index in [2.05, 4.69) is 10.5 Å². The van der Waals surface area contributed by atoms with Gasteiger partial charge < -0.3 is 14.2 Å². The summed E-state index contributed by atoms with van der Waals surface area (Å²) in [6, 6.07) is 9.37. The minimum atomic E-state index is -0.475. The molecule has 1 aromatic heterocycles. The number of thiophene rings is 1. The predicted molar refractivity (Wildman–Crippen MR) is 110 cm³/mol. The summed E-state index contributed by atoms with van der Waals surface area (Å²) in [4.78, 5) is 23.2. The van der Waals surface area contributed by atoms with Crippen molar-refractivity contribution in [1.29, 1.82) is 0 Å². The molecule has 3 rings (SSSR count). The summed E-state index contributed by atoms with van der Waals surface area (Å²) in [5.41, 5.74) is 3.00. The van der Waals surface area contributed by atoms with Crippen molar-refractivity contribution in [3.8, 4) is 17.2 Å². The van der Waals surface area contributed by atoms with Crippen LogP contribution in [-0.2, 0) is 0 Å². The number of hydrogen-bond acceptors (Lipinski definition) is 8. The van der Waals surface area contributed by atoms with Gasteiger partial charge in [0.1, 0.15) is 5.75 Å². The fraction of sp³-hybridized carbons (Fsp3) is 0.158. The number of benzene rings is 2. The van der Waals surface area contributed by atoms with Gasteiger partial charge in [-0.1, -0.05) is 0 Å². The number of nitro benzene ring substituents is 1. The lowest BCUT2D eigenvalue weighted by atomic mass is 10.2. The van der Waals surface area contributed by atoms with Crippen LogP contribution < -0.4 is 19.6 Å². The second kappa shape index (κ2) is 8.57. The first-order chi connectivity index (χ1) is 14.0. The average molecular weight is 415 g/mol. The molecule has 0 aliphatic heterocycles. The first-order valence-electron chi connectivity index (χ1n) is 8.28. The molecule has 29 heavy (non-hydrogen) atoms. The smallest absolute Gasteiger partial charge is 0.281 e. The maximum atomic E-state index is 12.4. The quantitative estimate of drug-likeness (QED) is 0.358. The molecule has 0 fully saturated rings. The number of nitrogens with zero attached hydrogens (tertiary/aromatic N) is 2. The van der Waals surface area contributed by atoms with Crippen molar-refractivity contribution >= 4 is 39.2 Å². The van der Waals surface area contributed by atoms with E-state index in [0.717, 1.165) is 4.70 Å². The molecule has 0 saturated heterocycles. The summed E-state index contributed by atoms with van der Waals surface area (Å²) in [6.07, 6.45) is 1.43. The van der Waals surface area contributed by atoms with E-state index in [4.69, 9.17) is 14.2 Å². The molecule has 0 radical (unpaired) electrons. The number of amides is 1. The van der Waals surface area contributed by atoms with Crippen LogP contribution in [0, 0.1) is 10.1 Å². The van der Waals surface area contributed by atoms with E-state index in [9.17, 15) is 14.9 Å². The number of methoxy groups -OCH3 is 3. The Labute approximate surface area is 169 Å². The molecule has 0 aliphatic carbocycles. The van der Waals surface area contributed by atoms with Gasteiger partial charge in [0.05, 0.1) is 37.3 Å². The fourth-order valence-electron chi connectivity index (χ4n) is 2.63. The van der Waals surface area contributed by atoms with Gasteiger partial charge in [-0.05, 0) is 18.2 Å². The van der Waals surface area contributed by atoms with E-state index in [-0.39, 0.29) is 5.69 Å². The minimum absolute atomic E-state index is 0.0270. The number of hydrazone groups is 1. The SMILES string of the molecule is COc1cc(OC)c(OC)cc1C=NNC(=O)c1cc2cc([N+](=O)[O-])ccc2s1. The van der Waals surface area contributed by atoms with Crippen molar-refractivity contribution in [1.82, 2.24) is 5.43 Å². The lowest BCUT2D eigenvalue weighted by Crippen LogP contribution is -2.16. The monoisotopic (exact) mass is 415 g/mol. The highest BCUT2D eigenvalue weighted by atomic mass is 32.1. The first-order valence-corrected chi connectivity index (χ1v) is 9.10. The van der Waals surface area contributed by atoms with Crippen molar-refractivity contribution < 1.29 is 23.9 Å². The molecular formula is C19H17N3O6S. The zero-order valence-electron chi connectivity index (χ0n) is 15.8. The van der Waals surface area contributed by atoms with Crippen LogP contribution in [0.5, 0.6) is 17.2 Å². The van der Waals surface area contributed by atoms with Gasteiger partial charge in [-0.3, -0.25) is 14.9 Å². The molecule has 1 heterocycles. The van der Waals surface area contributed by atoms with Crippen molar-refractivity contribution in [2.45, 2.75) is 0 Å². The molecule has 0 bridgehead atoms. The summed E-state index contributed by atoms with van der Waals surface area (Å²) in [5.74, 6) is 1.07. The maximum absolute atomic E-state index is 12.4. The molecule has 0 aliphatic rings. The fourth-order valence-corrected chi connectivity index (χ4v) is 3.56. The Morgan fingerprint density at radius 1 is 1.07 bits per heavy atom. The Kier molecular flexibility index (Phi) is 5.93. The number of hydrogen-bond donors (Lipinski definition) is 1. The van der Waals surface area contributed by atoms with Crippen LogP contribution in [0.15, 0.2) is 41.5 Å². The molecule has 0 atom stereocenters. The zero-order valence-corrected chi connectivity index (χ0v) is 16.6. The molecule has 0 spiro atoms. The Hall–Kier alpha value is -3.66. The number of carbonyl (C=O) groups excluding carboxylic acids is 1. The van der Waals surface area contributed by atoms with Crippen LogP contribution in [0.25, 0.3) is 10.1 Å². The number of fused-ring (bicyclic) bond motifs is 1. The van der Waals surface area contributed by atoms with E-state index < -0.39 is 10.8 Å². The lowest BCUT2D eigenvalue weighted by Gasteiger charge is -2.11. The van der Waals surface area contributed by atoms with Crippen LogP contribution in [0.3, 0.4) is 0 Å². The van der Waals surface area contributed by atoms with Gasteiger partial charge >= 0.3 is 0 Å². The number of nitrogens with one attached hydrogen (secondary N) is 1. The number of rotatable bonds is 7. The number of non-ortho nitro benzene ring substituents is 1. The first kappa shape index (κ1) is 20.1. The number of ether oxygens (including phenoxy) is 3. The van der Waals surface area contributed by atoms with Crippen molar-refractivity contribution in [3.05, 3.63) is 57.0 Å². The van der Waals surface area contributed by atoms with E-state index >= 15 is 0 Å². The third kappa shape index (κ3) is 4.27. The van der Waals surface area contributed by atoms with Crippen LogP contribution in [-0.4, -0.2) is 38.4 Å². The molecule has 150 valence electrons. The average Bonchev–Trinajstić information content (AvgIpc) is 3.16. The van der Waals surface area contributed by atoms with Crippen molar-refractivity contribution in [2.24, 2.45) is 5.10 Å². The Bertz CT molecular complexity index is 1110. The molecule has 0 unspecified atom stereocenters. The highest BCUT2D eigenvalue weighted by Crippen LogP contribution is 2.34. The minimum Gasteiger partial charge on any atom is -0.496 e. The van der Waals surface area contributed by atoms with Crippen LogP contribution in [0.1, 0.15) is 15.2 Å². The molecular weight excluding hydrogens is 398 g/mol. The van der Waals surface area contributed by atoms with E-state index in [1.807, 2.05) is 0 Å². The summed E-state index contributed by atoms with van der Waals surface area (Å²) < 4.78 is 16.6. The van der Waals surface area contributed by atoms with Gasteiger partial charge in [0.25, 0.3) is 11.6 Å². The summed E-state index contributed by atoms with van der Waals surface area (Å²) >= 11 is 1.22. The molecule has 2 aromatic carbocycles. The second-order valence-electron chi connectivity index (χ2n) is 5.74. The highest BCUT2D eigenvalue weighted by Gasteiger charge is 2.14. The topological polar surface area (TPSA) is 112 Å². The standard InChI is InChI=1S/C19H17N3O6S/c1-26-14-9-16(28-3)15(27-2)7-12(14)10-20-21-19(23)18-8-11-6-13(22(24)25)4-5-17(11)29-18/h4-10H,1-3H3,(H,21,23). The highest BCUT2D eigenvalue weighted by molar-refractivity contribution is 7.20. The van der Waals surface area contributed by atoms with Crippen LogP contribution in [0.2, 0.25) is 0 Å². The Morgan fingerprint density at radius 2 is 1.76 bits per heavy atom. The maximum Gasteiger partial charge on any atom is 0.281 e. The molecule has 9 nitrogen and oxygen atoms in total. The third-order valence-corrected chi connectivity index (χ3v) is 5.15. The zero-order chi connectivity index (χ0) is 21.0. The molecule has 3 aromatic rings. The lowest BCUT2D eigenvalue weighted by molar-refractivity contribution is -0.384. The van der Waals surface area contributed by atoms with Gasteiger partial charge in [0.15, 0.2) is 11.5 Å². The molecule has 1 N–H and O–H groups in total. The van der Waals surface area contributed by atoms with Gasteiger partial charge in [-0.25, -0.2) is 5.43 Å². The van der Waals surface area contributed by atoms with E-state index in [0.29, 0.717) is 33.1 Å². The van der Waals surface area contributed by atoms with Gasteiger partial charge in [0, 0.05) is 33.8 Å². The Balaban J connectivity index is 1.79. The Morgan fingerprint density at radius 3 is 2.41 bits per heavy atom. The molecule has 10 heteroatoms. The summed E-state index contributed by atoms with van der Waals surface area (Å²) in [5, 5.41) is 15.5. The third-order valence-electron chi connectivity index (χ3n) is 4.04. The van der Waals surface area contributed by atoms with Gasteiger partial charge in [-0.2, -0.15) is 5.10 Å². The van der Waals surface area contributed by atoms with Gasteiger partial charge in [-0.15, -0.1) is 11.3 Å².